The van der Waals surface area contributed by atoms with Gasteiger partial charge in [-0.1, -0.05) is 23.8 Å². The zero-order chi connectivity index (χ0) is 13.1. The minimum absolute atomic E-state index is 0.469. The topological polar surface area (TPSA) is 12.0 Å². The third kappa shape index (κ3) is 3.30. The summed E-state index contributed by atoms with van der Waals surface area (Å²) in [6, 6.07) is 7.96. The molecule has 0 radical (unpaired) electrons. The van der Waals surface area contributed by atoms with Crippen LogP contribution in [0.1, 0.15) is 48.9 Å². The van der Waals surface area contributed by atoms with Gasteiger partial charge in [0.1, 0.15) is 0 Å². The first kappa shape index (κ1) is 14.0. The maximum Gasteiger partial charge on any atom is 0.0296 e. The first-order valence-corrected chi connectivity index (χ1v) is 8.25. The van der Waals surface area contributed by atoms with E-state index in [1.165, 1.54) is 36.0 Å². The largest absolute Gasteiger partial charge is 0.307 e. The summed E-state index contributed by atoms with van der Waals surface area (Å²) in [6.45, 7) is 6.68. The summed E-state index contributed by atoms with van der Waals surface area (Å²) in [6.07, 6.45) is 6.27. The van der Waals surface area contributed by atoms with Crippen LogP contribution in [0.3, 0.4) is 0 Å². The molecule has 1 aromatic carbocycles. The highest BCUT2D eigenvalue weighted by Gasteiger charge is 2.25. The number of rotatable bonds is 4. The molecule has 2 rings (SSSR count). The van der Waals surface area contributed by atoms with Crippen molar-refractivity contribution < 1.29 is 0 Å². The Hall–Kier alpha value is -0.470. The number of hydrogen-bond donors (Lipinski definition) is 1. The molecule has 3 atom stereocenters. The molecule has 1 N–H and O–H groups in total. The van der Waals surface area contributed by atoms with Crippen LogP contribution in [0.2, 0.25) is 0 Å². The first-order valence-electron chi connectivity index (χ1n) is 6.96. The van der Waals surface area contributed by atoms with Crippen LogP contribution in [0.5, 0.6) is 0 Å². The Balaban J connectivity index is 1.97. The Kier molecular flexibility index (Phi) is 4.74. The molecule has 0 bridgehead atoms. The summed E-state index contributed by atoms with van der Waals surface area (Å²) >= 11 is 2.02. The molecule has 1 fully saturated rings. The van der Waals surface area contributed by atoms with Crippen LogP contribution in [0.15, 0.2) is 18.2 Å². The molecule has 1 aromatic rings. The average molecular weight is 263 g/mol. The Morgan fingerprint density at radius 1 is 1.28 bits per heavy atom. The van der Waals surface area contributed by atoms with Gasteiger partial charge in [0.05, 0.1) is 0 Å². The number of aryl methyl sites for hydroxylation is 2. The van der Waals surface area contributed by atoms with E-state index in [0.29, 0.717) is 12.1 Å². The highest BCUT2D eigenvalue weighted by molar-refractivity contribution is 7.99. The summed E-state index contributed by atoms with van der Waals surface area (Å²) in [7, 11) is 0. The Morgan fingerprint density at radius 3 is 2.67 bits per heavy atom. The second kappa shape index (κ2) is 6.12. The van der Waals surface area contributed by atoms with Gasteiger partial charge in [0.25, 0.3) is 0 Å². The van der Waals surface area contributed by atoms with Gasteiger partial charge in [0.15, 0.2) is 0 Å². The van der Waals surface area contributed by atoms with E-state index >= 15 is 0 Å². The molecule has 3 unspecified atom stereocenters. The molecule has 1 aliphatic rings. The molecule has 0 aromatic heterocycles. The zero-order valence-corrected chi connectivity index (χ0v) is 12.8. The molecule has 0 amide bonds. The van der Waals surface area contributed by atoms with Crippen molar-refractivity contribution in [2.75, 3.05) is 6.26 Å². The van der Waals surface area contributed by atoms with Gasteiger partial charge in [0, 0.05) is 17.3 Å². The average Bonchev–Trinajstić information content (AvgIpc) is 2.76. The summed E-state index contributed by atoms with van der Waals surface area (Å²) < 4.78 is 0. The highest BCUT2D eigenvalue weighted by atomic mass is 32.2. The van der Waals surface area contributed by atoms with Gasteiger partial charge in [-0.25, -0.2) is 0 Å². The number of nitrogens with one attached hydrogen (secondary N) is 1. The molecule has 0 saturated heterocycles. The smallest absolute Gasteiger partial charge is 0.0296 e. The van der Waals surface area contributed by atoms with Gasteiger partial charge in [-0.2, -0.15) is 11.8 Å². The fourth-order valence-corrected chi connectivity index (χ4v) is 3.86. The fourth-order valence-electron chi connectivity index (χ4n) is 3.06. The molecule has 0 heterocycles. The van der Waals surface area contributed by atoms with Gasteiger partial charge in [-0.3, -0.25) is 0 Å². The van der Waals surface area contributed by atoms with Crippen LogP contribution >= 0.6 is 11.8 Å². The molecule has 1 saturated carbocycles. The van der Waals surface area contributed by atoms with Crippen LogP contribution in [0.4, 0.5) is 0 Å². The first-order chi connectivity index (χ1) is 8.60. The van der Waals surface area contributed by atoms with E-state index in [9.17, 15) is 0 Å². The van der Waals surface area contributed by atoms with Gasteiger partial charge in [-0.05, 0) is 57.4 Å². The van der Waals surface area contributed by atoms with Gasteiger partial charge in [-0.15, -0.1) is 0 Å². The fraction of sp³-hybridized carbons (Fsp3) is 0.625. The Bertz CT molecular complexity index is 402. The predicted octanol–water partition coefficient (Wildman–Crippen LogP) is 4.24. The number of benzene rings is 1. The maximum atomic E-state index is 3.81. The van der Waals surface area contributed by atoms with Gasteiger partial charge >= 0.3 is 0 Å². The van der Waals surface area contributed by atoms with Crippen molar-refractivity contribution in [1.82, 2.24) is 5.32 Å². The van der Waals surface area contributed by atoms with Gasteiger partial charge < -0.3 is 5.32 Å². The second-order valence-electron chi connectivity index (χ2n) is 5.62. The van der Waals surface area contributed by atoms with Crippen molar-refractivity contribution in [2.45, 2.75) is 57.4 Å². The van der Waals surface area contributed by atoms with Crippen LogP contribution in [-0.2, 0) is 0 Å². The molecule has 100 valence electrons. The molecule has 2 heteroatoms. The molecular formula is C16H25NS. The summed E-state index contributed by atoms with van der Waals surface area (Å²) in [4.78, 5) is 0. The molecule has 1 nitrogen and oxygen atoms in total. The molecule has 18 heavy (non-hydrogen) atoms. The number of thioether (sulfide) groups is 1. The third-order valence-corrected chi connectivity index (χ3v) is 5.19. The van der Waals surface area contributed by atoms with Crippen LogP contribution < -0.4 is 5.32 Å². The summed E-state index contributed by atoms with van der Waals surface area (Å²) in [5.41, 5.74) is 4.22. The van der Waals surface area contributed by atoms with Crippen LogP contribution in [-0.4, -0.2) is 17.5 Å². The molecule has 0 spiro atoms. The third-order valence-electron chi connectivity index (χ3n) is 4.10. The van der Waals surface area contributed by atoms with Crippen molar-refractivity contribution in [3.63, 3.8) is 0 Å². The molecule has 0 aliphatic heterocycles. The van der Waals surface area contributed by atoms with E-state index < -0.39 is 0 Å². The minimum Gasteiger partial charge on any atom is -0.307 e. The van der Waals surface area contributed by atoms with Crippen molar-refractivity contribution in [3.8, 4) is 0 Å². The minimum atomic E-state index is 0.469. The maximum absolute atomic E-state index is 3.81. The van der Waals surface area contributed by atoms with E-state index in [2.05, 4.69) is 50.5 Å². The Morgan fingerprint density at radius 2 is 2.06 bits per heavy atom. The van der Waals surface area contributed by atoms with Gasteiger partial charge in [0.2, 0.25) is 0 Å². The normalized spacial score (nSPS) is 25.3. The summed E-state index contributed by atoms with van der Waals surface area (Å²) in [5.74, 6) is 0. The highest BCUT2D eigenvalue weighted by Crippen LogP contribution is 2.30. The lowest BCUT2D eigenvalue weighted by atomic mass is 9.99. The van der Waals surface area contributed by atoms with Crippen molar-refractivity contribution in [3.05, 3.63) is 34.9 Å². The van der Waals surface area contributed by atoms with Crippen LogP contribution in [0.25, 0.3) is 0 Å². The lowest BCUT2D eigenvalue weighted by molar-refractivity contribution is 0.461. The van der Waals surface area contributed by atoms with Crippen molar-refractivity contribution in [1.29, 1.82) is 0 Å². The SMILES string of the molecule is CSC1CCC(NC(C)c2ccc(C)cc2C)C1. The van der Waals surface area contributed by atoms with E-state index in [0.717, 1.165) is 5.25 Å². The van der Waals surface area contributed by atoms with E-state index in [4.69, 9.17) is 0 Å². The van der Waals surface area contributed by atoms with E-state index in [-0.39, 0.29) is 0 Å². The van der Waals surface area contributed by atoms with Crippen molar-refractivity contribution in [2.24, 2.45) is 0 Å². The van der Waals surface area contributed by atoms with E-state index in [1.54, 1.807) is 0 Å². The molecular weight excluding hydrogens is 238 g/mol. The lowest BCUT2D eigenvalue weighted by Gasteiger charge is -2.21. The molecule has 1 aliphatic carbocycles. The quantitative estimate of drug-likeness (QED) is 0.872. The van der Waals surface area contributed by atoms with Crippen LogP contribution in [0, 0.1) is 13.8 Å². The zero-order valence-electron chi connectivity index (χ0n) is 12.0. The standard InChI is InChI=1S/C16H25NS/c1-11-5-8-16(12(2)9-11)13(3)17-14-6-7-15(10-14)18-4/h5,8-9,13-15,17H,6-7,10H2,1-4H3. The monoisotopic (exact) mass is 263 g/mol. The predicted molar refractivity (Wildman–Crippen MR) is 82.4 cm³/mol. The van der Waals surface area contributed by atoms with Crippen molar-refractivity contribution >= 4 is 11.8 Å². The second-order valence-corrected chi connectivity index (χ2v) is 6.75. The van der Waals surface area contributed by atoms with E-state index in [1.807, 2.05) is 11.8 Å². The Labute approximate surface area is 116 Å². The summed E-state index contributed by atoms with van der Waals surface area (Å²) in [5, 5.41) is 4.68. The number of hydrogen-bond acceptors (Lipinski definition) is 2. The lowest BCUT2D eigenvalue weighted by Crippen LogP contribution is -2.30.